The molecule has 0 aliphatic carbocycles. The fourth-order valence-corrected chi connectivity index (χ4v) is 3.71. The third-order valence-corrected chi connectivity index (χ3v) is 5.22. The van der Waals surface area contributed by atoms with Gasteiger partial charge >= 0.3 is 6.18 Å². The SMILES string of the molecule is COc1ccccc1-n1nnnc1SCC(=O)c1cc(C)n(CC(F)(F)F)c1C. The van der Waals surface area contributed by atoms with Gasteiger partial charge in [-0.15, -0.1) is 5.10 Å². The quantitative estimate of drug-likeness (QED) is 0.425. The molecule has 0 aliphatic heterocycles. The maximum atomic E-state index is 12.8. The molecule has 154 valence electrons. The van der Waals surface area contributed by atoms with Crippen molar-refractivity contribution in [1.82, 2.24) is 24.8 Å². The Morgan fingerprint density at radius 3 is 2.66 bits per heavy atom. The second-order valence-electron chi connectivity index (χ2n) is 6.24. The highest BCUT2D eigenvalue weighted by Crippen LogP contribution is 2.27. The molecule has 0 N–H and O–H groups in total. The van der Waals surface area contributed by atoms with Crippen LogP contribution in [0.5, 0.6) is 5.75 Å². The van der Waals surface area contributed by atoms with E-state index in [9.17, 15) is 18.0 Å². The zero-order valence-electron chi connectivity index (χ0n) is 15.9. The number of ether oxygens (including phenoxy) is 1. The summed E-state index contributed by atoms with van der Waals surface area (Å²) >= 11 is 1.10. The number of carbonyl (C=O) groups excluding carboxylic acids is 1. The van der Waals surface area contributed by atoms with E-state index in [1.807, 2.05) is 0 Å². The molecule has 1 aromatic carbocycles. The fourth-order valence-electron chi connectivity index (χ4n) is 2.94. The van der Waals surface area contributed by atoms with E-state index in [1.54, 1.807) is 31.2 Å². The highest BCUT2D eigenvalue weighted by molar-refractivity contribution is 7.99. The van der Waals surface area contributed by atoms with E-state index < -0.39 is 12.7 Å². The Morgan fingerprint density at radius 2 is 1.97 bits per heavy atom. The number of halogens is 3. The predicted molar refractivity (Wildman–Crippen MR) is 101 cm³/mol. The minimum atomic E-state index is -4.36. The molecule has 7 nitrogen and oxygen atoms in total. The molecule has 0 saturated heterocycles. The van der Waals surface area contributed by atoms with Crippen LogP contribution in [0.15, 0.2) is 35.5 Å². The maximum Gasteiger partial charge on any atom is 0.406 e. The lowest BCUT2D eigenvalue weighted by molar-refractivity contribution is -0.141. The van der Waals surface area contributed by atoms with E-state index in [1.165, 1.54) is 24.8 Å². The first kappa shape index (κ1) is 20.9. The van der Waals surface area contributed by atoms with E-state index >= 15 is 0 Å². The zero-order chi connectivity index (χ0) is 21.2. The molecule has 0 aliphatic rings. The van der Waals surface area contributed by atoms with Gasteiger partial charge in [-0.25, -0.2) is 0 Å². The van der Waals surface area contributed by atoms with Crippen LogP contribution in [0.3, 0.4) is 0 Å². The van der Waals surface area contributed by atoms with Crippen molar-refractivity contribution >= 4 is 17.5 Å². The van der Waals surface area contributed by atoms with Gasteiger partial charge < -0.3 is 9.30 Å². The Balaban J connectivity index is 1.78. The smallest absolute Gasteiger partial charge is 0.406 e. The summed E-state index contributed by atoms with van der Waals surface area (Å²) in [5, 5.41) is 11.9. The molecule has 0 amide bonds. The lowest BCUT2D eigenvalue weighted by Gasteiger charge is -2.12. The number of nitrogens with zero attached hydrogens (tertiary/aromatic N) is 5. The molecule has 0 radical (unpaired) electrons. The third kappa shape index (κ3) is 4.61. The Kier molecular flexibility index (Phi) is 5.96. The lowest BCUT2D eigenvalue weighted by Crippen LogP contribution is -2.19. The highest BCUT2D eigenvalue weighted by atomic mass is 32.2. The number of alkyl halides is 3. The Hall–Kier alpha value is -2.82. The molecular weight excluding hydrogens is 407 g/mol. The number of rotatable bonds is 7. The number of thioether (sulfide) groups is 1. The maximum absolute atomic E-state index is 12.8. The number of methoxy groups -OCH3 is 1. The van der Waals surface area contributed by atoms with Crippen molar-refractivity contribution in [2.24, 2.45) is 0 Å². The van der Waals surface area contributed by atoms with Crippen LogP contribution >= 0.6 is 11.8 Å². The molecule has 2 heterocycles. The molecule has 2 aromatic heterocycles. The third-order valence-electron chi connectivity index (χ3n) is 4.30. The highest BCUT2D eigenvalue weighted by Gasteiger charge is 2.30. The summed E-state index contributed by atoms with van der Waals surface area (Å²) in [5.74, 6) is 0.237. The number of para-hydroxylation sites is 2. The molecule has 3 rings (SSSR count). The molecule has 11 heteroatoms. The number of aromatic nitrogens is 5. The van der Waals surface area contributed by atoms with Crippen LogP contribution in [0.4, 0.5) is 13.2 Å². The first-order chi connectivity index (χ1) is 13.7. The number of carbonyl (C=O) groups is 1. The van der Waals surface area contributed by atoms with E-state index in [2.05, 4.69) is 15.5 Å². The molecule has 0 spiro atoms. The van der Waals surface area contributed by atoms with Gasteiger partial charge in [-0.05, 0) is 42.5 Å². The van der Waals surface area contributed by atoms with E-state index in [0.717, 1.165) is 16.3 Å². The van der Waals surface area contributed by atoms with Crippen molar-refractivity contribution in [2.45, 2.75) is 31.7 Å². The van der Waals surface area contributed by atoms with Crippen LogP contribution in [0, 0.1) is 13.8 Å². The molecule has 0 bridgehead atoms. The number of aryl methyl sites for hydroxylation is 1. The summed E-state index contributed by atoms with van der Waals surface area (Å²) in [6, 6.07) is 8.61. The summed E-state index contributed by atoms with van der Waals surface area (Å²) in [6.45, 7) is 1.93. The first-order valence-electron chi connectivity index (χ1n) is 8.52. The Labute approximate surface area is 168 Å². The number of ketones is 1. The van der Waals surface area contributed by atoms with Crippen molar-refractivity contribution < 1.29 is 22.7 Å². The average Bonchev–Trinajstić information content (AvgIpc) is 3.25. The summed E-state index contributed by atoms with van der Waals surface area (Å²) in [7, 11) is 1.52. The van der Waals surface area contributed by atoms with Gasteiger partial charge in [-0.1, -0.05) is 23.9 Å². The number of Topliss-reactive ketones (excluding diaryl/α,β-unsaturated/α-hetero) is 1. The van der Waals surface area contributed by atoms with Crippen molar-refractivity contribution in [3.63, 3.8) is 0 Å². The topological polar surface area (TPSA) is 74.8 Å². The van der Waals surface area contributed by atoms with Crippen molar-refractivity contribution in [1.29, 1.82) is 0 Å². The average molecular weight is 425 g/mol. The molecule has 0 unspecified atom stereocenters. The predicted octanol–water partition coefficient (Wildman–Crippen LogP) is 3.63. The number of hydrogen-bond donors (Lipinski definition) is 0. The Bertz CT molecular complexity index is 1030. The van der Waals surface area contributed by atoms with Crippen LogP contribution in [0.1, 0.15) is 21.7 Å². The van der Waals surface area contributed by atoms with Crippen LogP contribution in [-0.2, 0) is 6.54 Å². The number of hydrogen-bond acceptors (Lipinski definition) is 6. The second kappa shape index (κ2) is 8.27. The van der Waals surface area contributed by atoms with Gasteiger partial charge in [0.2, 0.25) is 5.16 Å². The minimum absolute atomic E-state index is 0.0220. The van der Waals surface area contributed by atoms with Gasteiger partial charge in [0.1, 0.15) is 18.0 Å². The number of tetrazole rings is 1. The van der Waals surface area contributed by atoms with Crippen molar-refractivity contribution in [3.05, 3.63) is 47.3 Å². The van der Waals surface area contributed by atoms with Crippen LogP contribution in [0.25, 0.3) is 5.69 Å². The first-order valence-corrected chi connectivity index (χ1v) is 9.51. The van der Waals surface area contributed by atoms with Gasteiger partial charge in [-0.3, -0.25) is 4.79 Å². The summed E-state index contributed by atoms with van der Waals surface area (Å²) in [6.07, 6.45) is -4.36. The summed E-state index contributed by atoms with van der Waals surface area (Å²) < 4.78 is 46.1. The number of benzene rings is 1. The monoisotopic (exact) mass is 425 g/mol. The van der Waals surface area contributed by atoms with Crippen LogP contribution < -0.4 is 4.74 Å². The fraction of sp³-hybridized carbons (Fsp3) is 0.333. The molecule has 29 heavy (non-hydrogen) atoms. The van der Waals surface area contributed by atoms with Gasteiger partial charge in [0.05, 0.1) is 12.9 Å². The normalized spacial score (nSPS) is 11.7. The summed E-state index contributed by atoms with van der Waals surface area (Å²) in [5.41, 5.74) is 1.54. The van der Waals surface area contributed by atoms with E-state index in [4.69, 9.17) is 4.74 Å². The molecule has 0 atom stereocenters. The lowest BCUT2D eigenvalue weighted by atomic mass is 10.2. The zero-order valence-corrected chi connectivity index (χ0v) is 16.7. The van der Waals surface area contributed by atoms with Crippen molar-refractivity contribution in [3.8, 4) is 11.4 Å². The minimum Gasteiger partial charge on any atom is -0.494 e. The van der Waals surface area contributed by atoms with Crippen molar-refractivity contribution in [2.75, 3.05) is 12.9 Å². The molecule has 0 saturated carbocycles. The standard InChI is InChI=1S/C18H18F3N5O2S/c1-11-8-13(12(2)25(11)10-18(19,20)21)15(27)9-29-17-22-23-24-26(17)14-6-4-5-7-16(14)28-3/h4-8H,9-10H2,1-3H3. The van der Waals surface area contributed by atoms with E-state index in [0.29, 0.717) is 22.3 Å². The molecule has 3 aromatic rings. The van der Waals surface area contributed by atoms with E-state index in [-0.39, 0.29) is 22.8 Å². The van der Waals surface area contributed by atoms with Gasteiger partial charge in [-0.2, -0.15) is 17.9 Å². The second-order valence-corrected chi connectivity index (χ2v) is 7.19. The molecule has 0 fully saturated rings. The Morgan fingerprint density at radius 1 is 1.24 bits per heavy atom. The van der Waals surface area contributed by atoms with Gasteiger partial charge in [0.15, 0.2) is 5.78 Å². The van der Waals surface area contributed by atoms with Gasteiger partial charge in [0, 0.05) is 17.0 Å². The summed E-state index contributed by atoms with van der Waals surface area (Å²) in [4.78, 5) is 12.6. The van der Waals surface area contributed by atoms with Crippen LogP contribution in [-0.4, -0.2) is 49.6 Å². The van der Waals surface area contributed by atoms with Crippen LogP contribution in [0.2, 0.25) is 0 Å². The molecular formula is C18H18F3N5O2S. The van der Waals surface area contributed by atoms with Gasteiger partial charge in [0.25, 0.3) is 0 Å². The largest absolute Gasteiger partial charge is 0.494 e.